The standard InChI is InChI=1S/C24H38N2O4/c1-15(2)13-17(26-22(29)30-23(3,4)5)14-25-24(6,7)21(28)19-18(20(19)27)16-11-9-8-10-12-16/h8-12,15,17-19,21,25,28H,13-14H2,1-7H3,(H,26,29)/t17-,18?,19?,21-/m1/s1. The molecule has 0 radical (unpaired) electrons. The van der Waals surface area contributed by atoms with E-state index in [1.165, 1.54) is 0 Å². The first-order valence-corrected chi connectivity index (χ1v) is 10.8. The number of benzene rings is 1. The van der Waals surface area contributed by atoms with Gasteiger partial charge in [-0.25, -0.2) is 4.79 Å². The van der Waals surface area contributed by atoms with Crippen LogP contribution >= 0.6 is 0 Å². The number of alkyl carbamates (subject to hydrolysis) is 1. The lowest BCUT2D eigenvalue weighted by molar-refractivity contribution is -0.113. The minimum Gasteiger partial charge on any atom is -0.444 e. The first-order chi connectivity index (χ1) is 13.8. The van der Waals surface area contributed by atoms with Gasteiger partial charge in [-0.1, -0.05) is 44.2 Å². The monoisotopic (exact) mass is 418 g/mol. The van der Waals surface area contributed by atoms with E-state index in [0.717, 1.165) is 12.0 Å². The maximum Gasteiger partial charge on any atom is 0.407 e. The number of ether oxygens (including phenoxy) is 1. The highest BCUT2D eigenvalue weighted by molar-refractivity contribution is 6.05. The summed E-state index contributed by atoms with van der Waals surface area (Å²) in [6.07, 6.45) is -0.501. The van der Waals surface area contributed by atoms with E-state index in [-0.39, 0.29) is 17.7 Å². The molecule has 6 nitrogen and oxygen atoms in total. The van der Waals surface area contributed by atoms with Crippen molar-refractivity contribution >= 4 is 11.9 Å². The first-order valence-electron chi connectivity index (χ1n) is 10.8. The third-order valence-corrected chi connectivity index (χ3v) is 5.40. The number of aliphatic hydroxyl groups excluding tert-OH is 1. The van der Waals surface area contributed by atoms with Crippen LogP contribution in [0.3, 0.4) is 0 Å². The average molecular weight is 419 g/mol. The zero-order valence-electron chi connectivity index (χ0n) is 19.4. The summed E-state index contributed by atoms with van der Waals surface area (Å²) in [6.45, 7) is 13.9. The Morgan fingerprint density at radius 2 is 1.73 bits per heavy atom. The van der Waals surface area contributed by atoms with Gasteiger partial charge in [-0.3, -0.25) is 4.79 Å². The topological polar surface area (TPSA) is 87.7 Å². The Morgan fingerprint density at radius 1 is 1.13 bits per heavy atom. The summed E-state index contributed by atoms with van der Waals surface area (Å²) in [5.41, 5.74) is -0.297. The summed E-state index contributed by atoms with van der Waals surface area (Å²) in [7, 11) is 0. The van der Waals surface area contributed by atoms with E-state index in [2.05, 4.69) is 24.5 Å². The van der Waals surface area contributed by atoms with Crippen LogP contribution < -0.4 is 10.6 Å². The number of Topliss-reactive ketones (excluding diaryl/α,β-unsaturated/α-hetero) is 1. The zero-order valence-corrected chi connectivity index (χ0v) is 19.4. The van der Waals surface area contributed by atoms with Gasteiger partial charge in [0.2, 0.25) is 0 Å². The van der Waals surface area contributed by atoms with Crippen molar-refractivity contribution in [3.63, 3.8) is 0 Å². The van der Waals surface area contributed by atoms with E-state index in [9.17, 15) is 14.7 Å². The molecule has 1 fully saturated rings. The van der Waals surface area contributed by atoms with Crippen LogP contribution in [0.25, 0.3) is 0 Å². The summed E-state index contributed by atoms with van der Waals surface area (Å²) in [6, 6.07) is 9.45. The van der Waals surface area contributed by atoms with E-state index in [4.69, 9.17) is 4.74 Å². The predicted molar refractivity (Wildman–Crippen MR) is 118 cm³/mol. The lowest BCUT2D eigenvalue weighted by atomic mass is 9.90. The number of aliphatic hydroxyl groups is 1. The van der Waals surface area contributed by atoms with Crippen molar-refractivity contribution in [2.45, 2.75) is 84.1 Å². The molecule has 1 aromatic rings. The van der Waals surface area contributed by atoms with Gasteiger partial charge >= 0.3 is 6.09 Å². The molecule has 168 valence electrons. The van der Waals surface area contributed by atoms with Crippen LogP contribution in [-0.2, 0) is 9.53 Å². The number of ketones is 1. The number of hydrogen-bond donors (Lipinski definition) is 3. The lowest BCUT2D eigenvalue weighted by Gasteiger charge is -2.34. The largest absolute Gasteiger partial charge is 0.444 e. The molecule has 0 aliphatic heterocycles. The van der Waals surface area contributed by atoms with E-state index >= 15 is 0 Å². The summed E-state index contributed by atoms with van der Waals surface area (Å²) < 4.78 is 5.38. The Hall–Kier alpha value is -1.92. The number of carbonyl (C=O) groups excluding carboxylic acids is 2. The Labute approximate surface area is 180 Å². The van der Waals surface area contributed by atoms with Crippen molar-refractivity contribution in [3.8, 4) is 0 Å². The molecule has 0 saturated heterocycles. The molecule has 0 aromatic heterocycles. The molecule has 4 atom stereocenters. The van der Waals surface area contributed by atoms with Gasteiger partial charge in [0.25, 0.3) is 0 Å². The Morgan fingerprint density at radius 3 is 2.27 bits per heavy atom. The van der Waals surface area contributed by atoms with E-state index in [0.29, 0.717) is 12.5 Å². The molecule has 1 aliphatic carbocycles. The maximum atomic E-state index is 12.4. The second-order valence-electron chi connectivity index (χ2n) is 10.3. The van der Waals surface area contributed by atoms with Crippen LogP contribution in [0.15, 0.2) is 30.3 Å². The molecule has 0 spiro atoms. The third-order valence-electron chi connectivity index (χ3n) is 5.40. The number of rotatable bonds is 9. The molecule has 1 amide bonds. The molecule has 1 aliphatic rings. The number of nitrogens with one attached hydrogen (secondary N) is 2. The smallest absolute Gasteiger partial charge is 0.407 e. The van der Waals surface area contributed by atoms with Gasteiger partial charge in [0.05, 0.1) is 17.9 Å². The summed E-state index contributed by atoms with van der Waals surface area (Å²) in [4.78, 5) is 24.6. The molecule has 30 heavy (non-hydrogen) atoms. The van der Waals surface area contributed by atoms with Crippen molar-refractivity contribution in [1.29, 1.82) is 0 Å². The molecule has 2 rings (SSSR count). The quantitative estimate of drug-likeness (QED) is 0.570. The molecule has 1 saturated carbocycles. The zero-order chi connectivity index (χ0) is 22.7. The van der Waals surface area contributed by atoms with Crippen molar-refractivity contribution in [3.05, 3.63) is 35.9 Å². The molecular weight excluding hydrogens is 380 g/mol. The van der Waals surface area contributed by atoms with Gasteiger partial charge < -0.3 is 20.5 Å². The number of amides is 1. The maximum absolute atomic E-state index is 12.4. The molecule has 3 N–H and O–H groups in total. The van der Waals surface area contributed by atoms with E-state index < -0.39 is 29.3 Å². The molecule has 0 bridgehead atoms. The molecule has 6 heteroatoms. The first kappa shape index (κ1) is 24.4. The van der Waals surface area contributed by atoms with Crippen LogP contribution in [0.5, 0.6) is 0 Å². The van der Waals surface area contributed by atoms with Crippen molar-refractivity contribution in [2.75, 3.05) is 6.54 Å². The van der Waals surface area contributed by atoms with Crippen LogP contribution in [0, 0.1) is 11.8 Å². The van der Waals surface area contributed by atoms with E-state index in [1.807, 2.05) is 65.0 Å². The van der Waals surface area contributed by atoms with Crippen LogP contribution in [-0.4, -0.2) is 46.8 Å². The second kappa shape index (κ2) is 9.48. The second-order valence-corrected chi connectivity index (χ2v) is 10.3. The Kier molecular flexibility index (Phi) is 7.69. The number of carbonyl (C=O) groups is 2. The van der Waals surface area contributed by atoms with E-state index in [1.54, 1.807) is 0 Å². The Bertz CT molecular complexity index is 724. The summed E-state index contributed by atoms with van der Waals surface area (Å²) in [5, 5.41) is 17.3. The average Bonchev–Trinajstić information content (AvgIpc) is 3.28. The van der Waals surface area contributed by atoms with Crippen LogP contribution in [0.4, 0.5) is 4.79 Å². The van der Waals surface area contributed by atoms with Crippen molar-refractivity contribution in [1.82, 2.24) is 10.6 Å². The highest BCUT2D eigenvalue weighted by Crippen LogP contribution is 2.47. The summed E-state index contributed by atoms with van der Waals surface area (Å²) in [5.74, 6) is -0.188. The van der Waals surface area contributed by atoms with Gasteiger partial charge in [0, 0.05) is 18.1 Å². The normalized spacial score (nSPS) is 21.3. The fourth-order valence-electron chi connectivity index (χ4n) is 3.81. The fourth-order valence-corrected chi connectivity index (χ4v) is 3.81. The Balaban J connectivity index is 1.97. The minimum atomic E-state index is -0.823. The highest BCUT2D eigenvalue weighted by Gasteiger charge is 2.57. The fraction of sp³-hybridized carbons (Fsp3) is 0.667. The van der Waals surface area contributed by atoms with Crippen molar-refractivity contribution < 1.29 is 19.4 Å². The van der Waals surface area contributed by atoms with Crippen LogP contribution in [0.2, 0.25) is 0 Å². The van der Waals surface area contributed by atoms with Gasteiger partial charge in [-0.05, 0) is 52.5 Å². The lowest BCUT2D eigenvalue weighted by Crippen LogP contribution is -2.55. The molecule has 2 unspecified atom stereocenters. The minimum absolute atomic E-state index is 0.0779. The number of hydrogen-bond acceptors (Lipinski definition) is 5. The summed E-state index contributed by atoms with van der Waals surface area (Å²) >= 11 is 0. The third kappa shape index (κ3) is 6.81. The van der Waals surface area contributed by atoms with Gasteiger partial charge in [0.15, 0.2) is 0 Å². The van der Waals surface area contributed by atoms with Gasteiger partial charge in [0.1, 0.15) is 11.4 Å². The predicted octanol–water partition coefficient (Wildman–Crippen LogP) is 3.64. The van der Waals surface area contributed by atoms with Gasteiger partial charge in [-0.2, -0.15) is 0 Å². The van der Waals surface area contributed by atoms with Crippen LogP contribution in [0.1, 0.15) is 66.4 Å². The molecular formula is C24H38N2O4. The van der Waals surface area contributed by atoms with Gasteiger partial charge in [-0.15, -0.1) is 0 Å². The SMILES string of the molecule is CC(C)C[C@H](CNC(C)(C)[C@H](O)C1C(=O)C1c1ccccc1)NC(=O)OC(C)(C)C. The molecule has 1 aromatic carbocycles. The highest BCUT2D eigenvalue weighted by atomic mass is 16.6. The van der Waals surface area contributed by atoms with Crippen molar-refractivity contribution in [2.24, 2.45) is 11.8 Å². The molecule has 0 heterocycles.